The van der Waals surface area contributed by atoms with Crippen LogP contribution in [-0.2, 0) is 0 Å². The first-order valence-electron chi connectivity index (χ1n) is 7.28. The molecule has 0 aliphatic carbocycles. The van der Waals surface area contributed by atoms with E-state index in [9.17, 15) is 5.26 Å². The molecule has 3 aromatic rings. The first kappa shape index (κ1) is 15.3. The lowest BCUT2D eigenvalue weighted by Gasteiger charge is -2.02. The van der Waals surface area contributed by atoms with Crippen molar-refractivity contribution in [1.82, 2.24) is 4.98 Å². The van der Waals surface area contributed by atoms with E-state index >= 15 is 0 Å². The first-order valence-corrected chi connectivity index (χ1v) is 8.16. The van der Waals surface area contributed by atoms with Gasteiger partial charge in [-0.25, -0.2) is 4.98 Å². The minimum Gasteiger partial charge on any atom is -0.462 e. The molecule has 3 rings (SSSR count). The Hall–Kier alpha value is -2.64. The highest BCUT2D eigenvalue weighted by molar-refractivity contribution is 7.11. The van der Waals surface area contributed by atoms with Gasteiger partial charge in [0.1, 0.15) is 22.6 Å². The van der Waals surface area contributed by atoms with Crippen LogP contribution in [0.1, 0.15) is 27.7 Å². The molecule has 0 unspecified atom stereocenters. The van der Waals surface area contributed by atoms with E-state index in [1.807, 2.05) is 24.4 Å². The predicted octanol–water partition coefficient (Wildman–Crippen LogP) is 5.39. The minimum atomic E-state index is 0.513. The summed E-state index contributed by atoms with van der Waals surface area (Å²) in [7, 11) is 0. The molecule has 0 bridgehead atoms. The van der Waals surface area contributed by atoms with Gasteiger partial charge in [-0.2, -0.15) is 5.26 Å². The minimum absolute atomic E-state index is 0.513. The maximum atomic E-state index is 9.41. The molecule has 0 atom stereocenters. The van der Waals surface area contributed by atoms with Crippen molar-refractivity contribution in [1.29, 1.82) is 5.26 Å². The molecule has 0 N–H and O–H groups in total. The first-order chi connectivity index (χ1) is 11.1. The van der Waals surface area contributed by atoms with Crippen LogP contribution in [-0.4, -0.2) is 4.98 Å². The number of furan rings is 1. The molecule has 2 heterocycles. The van der Waals surface area contributed by atoms with E-state index in [1.165, 1.54) is 22.5 Å². The average Bonchev–Trinajstić information content (AvgIpc) is 3.17. The van der Waals surface area contributed by atoms with Crippen molar-refractivity contribution in [2.24, 2.45) is 0 Å². The normalized spacial score (nSPS) is 11.5. The summed E-state index contributed by atoms with van der Waals surface area (Å²) >= 11 is 1.47. The van der Waals surface area contributed by atoms with Crippen LogP contribution in [0.2, 0.25) is 0 Å². The standard InChI is InChI=1S/C19H16N2OS/c1-12-4-6-15(8-13(12)2)18-11-23-19(21-18)16(10-20)9-17-7-5-14(3)22-17/h4-9,11H,1-3H3. The molecule has 0 radical (unpaired) electrons. The van der Waals surface area contributed by atoms with E-state index < -0.39 is 0 Å². The van der Waals surface area contributed by atoms with Crippen LogP contribution >= 0.6 is 11.3 Å². The predicted molar refractivity (Wildman–Crippen MR) is 94.0 cm³/mol. The zero-order valence-corrected chi connectivity index (χ0v) is 14.1. The quantitative estimate of drug-likeness (QED) is 0.608. The van der Waals surface area contributed by atoms with Gasteiger partial charge in [-0.15, -0.1) is 11.3 Å². The Bertz CT molecular complexity index is 925. The molecule has 0 amide bonds. The number of nitriles is 1. The summed E-state index contributed by atoms with van der Waals surface area (Å²) in [6, 6.07) is 12.2. The van der Waals surface area contributed by atoms with Crippen molar-refractivity contribution in [3.05, 3.63) is 63.4 Å². The molecule has 0 saturated carbocycles. The summed E-state index contributed by atoms with van der Waals surface area (Å²) in [6.45, 7) is 6.06. The fourth-order valence-electron chi connectivity index (χ4n) is 2.25. The van der Waals surface area contributed by atoms with E-state index in [1.54, 1.807) is 6.08 Å². The fraction of sp³-hybridized carbons (Fsp3) is 0.158. The third-order valence-corrected chi connectivity index (χ3v) is 4.58. The maximum absolute atomic E-state index is 9.41. The van der Waals surface area contributed by atoms with Gasteiger partial charge in [-0.1, -0.05) is 12.1 Å². The smallest absolute Gasteiger partial charge is 0.134 e. The molecular formula is C19H16N2OS. The van der Waals surface area contributed by atoms with Crippen molar-refractivity contribution in [2.45, 2.75) is 20.8 Å². The van der Waals surface area contributed by atoms with Crippen LogP contribution in [0.15, 0.2) is 40.1 Å². The van der Waals surface area contributed by atoms with Crippen molar-refractivity contribution >= 4 is 23.0 Å². The zero-order valence-electron chi connectivity index (χ0n) is 13.3. The molecular weight excluding hydrogens is 304 g/mol. The van der Waals surface area contributed by atoms with Gasteiger partial charge in [0.2, 0.25) is 0 Å². The Morgan fingerprint density at radius 3 is 2.65 bits per heavy atom. The summed E-state index contributed by atoms with van der Waals surface area (Å²) in [5.74, 6) is 1.49. The van der Waals surface area contributed by atoms with E-state index in [0.717, 1.165) is 17.0 Å². The highest BCUT2D eigenvalue weighted by atomic mass is 32.1. The van der Waals surface area contributed by atoms with Gasteiger partial charge in [0.15, 0.2) is 0 Å². The molecule has 4 heteroatoms. The number of hydrogen-bond acceptors (Lipinski definition) is 4. The second kappa shape index (κ2) is 6.23. The summed E-state index contributed by atoms with van der Waals surface area (Å²) in [4.78, 5) is 4.61. The largest absolute Gasteiger partial charge is 0.462 e. The maximum Gasteiger partial charge on any atom is 0.134 e. The third kappa shape index (κ3) is 3.25. The Balaban J connectivity index is 1.95. The van der Waals surface area contributed by atoms with Crippen molar-refractivity contribution in [3.63, 3.8) is 0 Å². The van der Waals surface area contributed by atoms with Gasteiger partial charge < -0.3 is 4.42 Å². The molecule has 23 heavy (non-hydrogen) atoms. The van der Waals surface area contributed by atoms with Gasteiger partial charge in [0.25, 0.3) is 0 Å². The van der Waals surface area contributed by atoms with Gasteiger partial charge in [0.05, 0.1) is 11.3 Å². The van der Waals surface area contributed by atoms with Crippen LogP contribution in [0.4, 0.5) is 0 Å². The molecule has 3 nitrogen and oxygen atoms in total. The third-order valence-electron chi connectivity index (χ3n) is 3.71. The van der Waals surface area contributed by atoms with Crippen LogP contribution in [0.25, 0.3) is 22.9 Å². The van der Waals surface area contributed by atoms with Gasteiger partial charge in [-0.05, 0) is 50.1 Å². The lowest BCUT2D eigenvalue weighted by atomic mass is 10.1. The van der Waals surface area contributed by atoms with Crippen LogP contribution < -0.4 is 0 Å². The van der Waals surface area contributed by atoms with Crippen molar-refractivity contribution in [3.8, 4) is 17.3 Å². The molecule has 0 saturated heterocycles. The van der Waals surface area contributed by atoms with E-state index in [4.69, 9.17) is 4.42 Å². The van der Waals surface area contributed by atoms with E-state index in [-0.39, 0.29) is 0 Å². The Morgan fingerprint density at radius 1 is 1.17 bits per heavy atom. The monoisotopic (exact) mass is 320 g/mol. The molecule has 0 aliphatic rings. The van der Waals surface area contributed by atoms with E-state index in [2.05, 4.69) is 43.1 Å². The fourth-order valence-corrected chi connectivity index (χ4v) is 3.04. The van der Waals surface area contributed by atoms with E-state index in [0.29, 0.717) is 16.3 Å². The van der Waals surface area contributed by atoms with Crippen LogP contribution in [0, 0.1) is 32.1 Å². The molecule has 2 aromatic heterocycles. The number of thiazole rings is 1. The number of rotatable bonds is 3. The highest BCUT2D eigenvalue weighted by Gasteiger charge is 2.10. The van der Waals surface area contributed by atoms with Gasteiger partial charge in [0, 0.05) is 17.0 Å². The number of hydrogen-bond donors (Lipinski definition) is 0. The second-order valence-corrected chi connectivity index (χ2v) is 6.31. The SMILES string of the molecule is Cc1ccc(C=C(C#N)c2nc(-c3ccc(C)c(C)c3)cs2)o1. The summed E-state index contributed by atoms with van der Waals surface area (Å²) < 4.78 is 5.51. The van der Waals surface area contributed by atoms with Gasteiger partial charge >= 0.3 is 0 Å². The molecule has 0 aliphatic heterocycles. The molecule has 0 fully saturated rings. The van der Waals surface area contributed by atoms with Crippen LogP contribution in [0.5, 0.6) is 0 Å². The second-order valence-electron chi connectivity index (χ2n) is 5.46. The summed E-state index contributed by atoms with van der Waals surface area (Å²) in [5, 5.41) is 12.1. The number of aryl methyl sites for hydroxylation is 3. The summed E-state index contributed by atoms with van der Waals surface area (Å²) in [5.41, 5.74) is 4.97. The Kier molecular flexibility index (Phi) is 4.14. The zero-order chi connectivity index (χ0) is 16.4. The molecule has 0 spiro atoms. The highest BCUT2D eigenvalue weighted by Crippen LogP contribution is 2.28. The lowest BCUT2D eigenvalue weighted by molar-refractivity contribution is 0.525. The number of nitrogens with zero attached hydrogens (tertiary/aromatic N) is 2. The molecule has 1 aromatic carbocycles. The van der Waals surface area contributed by atoms with Crippen molar-refractivity contribution < 1.29 is 4.42 Å². The number of benzene rings is 1. The van der Waals surface area contributed by atoms with Crippen molar-refractivity contribution in [2.75, 3.05) is 0 Å². The average molecular weight is 320 g/mol. The Morgan fingerprint density at radius 2 is 2.00 bits per heavy atom. The lowest BCUT2D eigenvalue weighted by Crippen LogP contribution is -1.85. The Labute approximate surface area is 139 Å². The topological polar surface area (TPSA) is 49.8 Å². The molecule has 114 valence electrons. The number of allylic oxidation sites excluding steroid dienone is 1. The van der Waals surface area contributed by atoms with Crippen LogP contribution in [0.3, 0.4) is 0 Å². The summed E-state index contributed by atoms with van der Waals surface area (Å²) in [6.07, 6.45) is 1.73. The number of aromatic nitrogens is 1. The van der Waals surface area contributed by atoms with Gasteiger partial charge in [-0.3, -0.25) is 0 Å².